The first-order chi connectivity index (χ1) is 13.9. The summed E-state index contributed by atoms with van der Waals surface area (Å²) < 4.78 is 0. The molecule has 0 unspecified atom stereocenters. The van der Waals surface area contributed by atoms with Crippen LogP contribution in [0.5, 0.6) is 0 Å². The maximum Gasteiger partial charge on any atom is 0.151 e. The van der Waals surface area contributed by atoms with Crippen LogP contribution in [0.4, 0.5) is 0 Å². The average Bonchev–Trinajstić information content (AvgIpc) is 2.79. The smallest absolute Gasteiger partial charge is 0.151 e. The summed E-state index contributed by atoms with van der Waals surface area (Å²) in [5, 5.41) is 0. The van der Waals surface area contributed by atoms with Crippen LogP contribution >= 0.6 is 0 Å². The number of carbonyl (C=O) groups is 1. The molecule has 4 rings (SSSR count). The van der Waals surface area contributed by atoms with Crippen molar-refractivity contribution in [3.63, 3.8) is 0 Å². The molecule has 0 aliphatic heterocycles. The monoisotopic (exact) mass is 360 g/mol. The fourth-order valence-corrected chi connectivity index (χ4v) is 3.45. The van der Waals surface area contributed by atoms with E-state index in [2.05, 4.69) is 30.3 Å². The largest absolute Gasteiger partial charge is 0.298 e. The number of hydrogen-bond acceptors (Lipinski definition) is 1. The number of carbonyl (C=O) groups excluding carboxylic acids is 1. The first-order valence-electron chi connectivity index (χ1n) is 9.33. The van der Waals surface area contributed by atoms with Gasteiger partial charge in [0.05, 0.1) is 0 Å². The topological polar surface area (TPSA) is 17.1 Å². The summed E-state index contributed by atoms with van der Waals surface area (Å²) in [5.41, 5.74) is 6.85. The highest BCUT2D eigenvalue weighted by molar-refractivity contribution is 6.01. The highest BCUT2D eigenvalue weighted by Crippen LogP contribution is 2.33. The molecule has 0 aliphatic rings. The zero-order valence-electron chi connectivity index (χ0n) is 15.5. The first-order valence-corrected chi connectivity index (χ1v) is 9.33. The first kappa shape index (κ1) is 17.7. The van der Waals surface area contributed by atoms with Gasteiger partial charge in [-0.05, 0) is 39.5 Å². The van der Waals surface area contributed by atoms with Gasteiger partial charge in [0.1, 0.15) is 0 Å². The van der Waals surface area contributed by atoms with E-state index in [1.165, 1.54) is 0 Å². The maximum atomic E-state index is 12.2. The van der Waals surface area contributed by atoms with E-state index in [0.29, 0.717) is 5.56 Å². The van der Waals surface area contributed by atoms with Gasteiger partial charge in [-0.1, -0.05) is 109 Å². The molecule has 1 nitrogen and oxygen atoms in total. The molecule has 4 aromatic rings. The molecule has 0 spiro atoms. The van der Waals surface area contributed by atoms with Crippen LogP contribution in [0.3, 0.4) is 0 Å². The Hall–Kier alpha value is -3.71. The van der Waals surface area contributed by atoms with Gasteiger partial charge in [-0.2, -0.15) is 0 Å². The molecule has 0 saturated carbocycles. The second-order valence-electron chi connectivity index (χ2n) is 6.59. The average molecular weight is 360 g/mol. The van der Waals surface area contributed by atoms with Crippen molar-refractivity contribution in [1.29, 1.82) is 0 Å². The Morgan fingerprint density at radius 2 is 1.21 bits per heavy atom. The van der Waals surface area contributed by atoms with E-state index < -0.39 is 0 Å². The van der Waals surface area contributed by atoms with Gasteiger partial charge in [0.15, 0.2) is 6.29 Å². The van der Waals surface area contributed by atoms with Crippen LogP contribution in [0.1, 0.15) is 27.0 Å². The summed E-state index contributed by atoms with van der Waals surface area (Å²) in [4.78, 5) is 12.2. The third-order valence-electron chi connectivity index (χ3n) is 4.79. The molecule has 28 heavy (non-hydrogen) atoms. The maximum absolute atomic E-state index is 12.2. The summed E-state index contributed by atoms with van der Waals surface area (Å²) in [5.74, 6) is 0. The zero-order valence-corrected chi connectivity index (χ0v) is 15.5. The lowest BCUT2D eigenvalue weighted by atomic mass is 9.88. The Balaban J connectivity index is 1.95. The van der Waals surface area contributed by atoms with E-state index in [1.54, 1.807) is 0 Å². The molecular formula is C27H20O. The fourth-order valence-electron chi connectivity index (χ4n) is 3.45. The van der Waals surface area contributed by atoms with Crippen molar-refractivity contribution < 1.29 is 4.79 Å². The van der Waals surface area contributed by atoms with Gasteiger partial charge in [0.2, 0.25) is 0 Å². The molecule has 1 heteroatoms. The highest BCUT2D eigenvalue weighted by Gasteiger charge is 2.14. The number of aldehydes is 1. The lowest BCUT2D eigenvalue weighted by Crippen LogP contribution is -1.97. The quantitative estimate of drug-likeness (QED) is 0.284. The standard InChI is InChI=1S/C27H20O/c28-20-27-24(22-13-6-2-7-14-22)17-10-18-25(27)26(23-15-8-3-9-16-23)19-21-11-4-1-5-12-21/h1-20H/b26-19+. The van der Waals surface area contributed by atoms with Crippen LogP contribution in [0.2, 0.25) is 0 Å². The molecule has 0 radical (unpaired) electrons. The molecule has 0 N–H and O–H groups in total. The summed E-state index contributed by atoms with van der Waals surface area (Å²) in [6.45, 7) is 0. The van der Waals surface area contributed by atoms with Crippen molar-refractivity contribution in [2.24, 2.45) is 0 Å². The van der Waals surface area contributed by atoms with Crippen molar-refractivity contribution >= 4 is 17.9 Å². The molecule has 0 amide bonds. The molecule has 0 fully saturated rings. The van der Waals surface area contributed by atoms with Crippen LogP contribution in [0, 0.1) is 0 Å². The van der Waals surface area contributed by atoms with Crippen molar-refractivity contribution in [3.8, 4) is 11.1 Å². The van der Waals surface area contributed by atoms with Crippen LogP contribution in [-0.4, -0.2) is 6.29 Å². The lowest BCUT2D eigenvalue weighted by Gasteiger charge is -2.15. The Morgan fingerprint density at radius 3 is 1.86 bits per heavy atom. The van der Waals surface area contributed by atoms with E-state index >= 15 is 0 Å². The van der Waals surface area contributed by atoms with Crippen LogP contribution in [0.15, 0.2) is 109 Å². The van der Waals surface area contributed by atoms with Gasteiger partial charge in [-0.15, -0.1) is 0 Å². The lowest BCUT2D eigenvalue weighted by molar-refractivity contribution is 0.112. The molecule has 0 heterocycles. The van der Waals surface area contributed by atoms with E-state index in [9.17, 15) is 4.79 Å². The highest BCUT2D eigenvalue weighted by atomic mass is 16.1. The second-order valence-corrected chi connectivity index (χ2v) is 6.59. The molecule has 0 bridgehead atoms. The Kier molecular flexibility index (Phi) is 5.26. The number of benzene rings is 4. The Morgan fingerprint density at radius 1 is 0.607 bits per heavy atom. The fraction of sp³-hybridized carbons (Fsp3) is 0. The molecule has 0 aliphatic carbocycles. The van der Waals surface area contributed by atoms with Crippen LogP contribution in [0.25, 0.3) is 22.8 Å². The summed E-state index contributed by atoms with van der Waals surface area (Å²) in [6.07, 6.45) is 3.12. The molecule has 4 aromatic carbocycles. The van der Waals surface area contributed by atoms with E-state index in [4.69, 9.17) is 0 Å². The van der Waals surface area contributed by atoms with Gasteiger partial charge in [-0.25, -0.2) is 0 Å². The number of rotatable bonds is 5. The van der Waals surface area contributed by atoms with Gasteiger partial charge in [-0.3, -0.25) is 4.79 Å². The molecule has 0 saturated heterocycles. The van der Waals surface area contributed by atoms with Gasteiger partial charge >= 0.3 is 0 Å². The second kappa shape index (κ2) is 8.32. The predicted molar refractivity (Wildman–Crippen MR) is 117 cm³/mol. The van der Waals surface area contributed by atoms with Crippen LogP contribution < -0.4 is 0 Å². The van der Waals surface area contributed by atoms with Crippen molar-refractivity contribution in [2.45, 2.75) is 0 Å². The van der Waals surface area contributed by atoms with Gasteiger partial charge < -0.3 is 0 Å². The third-order valence-corrected chi connectivity index (χ3v) is 4.79. The summed E-state index contributed by atoms with van der Waals surface area (Å²) in [6, 6.07) is 36.5. The van der Waals surface area contributed by atoms with Crippen molar-refractivity contribution in [3.05, 3.63) is 131 Å². The zero-order chi connectivity index (χ0) is 19.2. The summed E-state index contributed by atoms with van der Waals surface area (Å²) >= 11 is 0. The van der Waals surface area contributed by atoms with Crippen LogP contribution in [-0.2, 0) is 0 Å². The minimum absolute atomic E-state index is 0.708. The van der Waals surface area contributed by atoms with Crippen molar-refractivity contribution in [1.82, 2.24) is 0 Å². The minimum Gasteiger partial charge on any atom is -0.298 e. The third kappa shape index (κ3) is 3.70. The van der Waals surface area contributed by atoms with Gasteiger partial charge in [0, 0.05) is 5.56 Å². The van der Waals surface area contributed by atoms with E-state index in [0.717, 1.165) is 39.7 Å². The normalized spacial score (nSPS) is 11.2. The van der Waals surface area contributed by atoms with E-state index in [-0.39, 0.29) is 0 Å². The minimum atomic E-state index is 0.708. The predicted octanol–water partition coefficient (Wildman–Crippen LogP) is 6.76. The van der Waals surface area contributed by atoms with Crippen molar-refractivity contribution in [2.75, 3.05) is 0 Å². The van der Waals surface area contributed by atoms with Gasteiger partial charge in [0.25, 0.3) is 0 Å². The summed E-state index contributed by atoms with van der Waals surface area (Å²) in [7, 11) is 0. The molecule has 0 aromatic heterocycles. The molecule has 0 atom stereocenters. The molecular weight excluding hydrogens is 340 g/mol. The SMILES string of the molecule is O=Cc1c(/C(=C/c2ccccc2)c2ccccc2)cccc1-c1ccccc1. The Bertz CT molecular complexity index is 1090. The number of hydrogen-bond donors (Lipinski definition) is 0. The molecule has 134 valence electrons. The van der Waals surface area contributed by atoms with E-state index in [1.807, 2.05) is 84.9 Å². The Labute approximate surface area is 165 Å².